The van der Waals surface area contributed by atoms with Crippen LogP contribution in [0.3, 0.4) is 0 Å². The average molecular weight is 602 g/mol. The van der Waals surface area contributed by atoms with Gasteiger partial charge in [0.25, 0.3) is 0 Å². The lowest BCUT2D eigenvalue weighted by Gasteiger charge is -2.28. The summed E-state index contributed by atoms with van der Waals surface area (Å²) in [6.07, 6.45) is -0.376. The third-order valence-electron chi connectivity index (χ3n) is 5.93. The van der Waals surface area contributed by atoms with E-state index in [2.05, 4.69) is 4.72 Å². The summed E-state index contributed by atoms with van der Waals surface area (Å²) in [6.45, 7) is 4.10. The lowest BCUT2D eigenvalue weighted by atomic mass is 10.0. The molecule has 222 valence electrons. The first kappa shape index (κ1) is 31.4. The summed E-state index contributed by atoms with van der Waals surface area (Å²) in [4.78, 5) is 11.6. The molecule has 3 rings (SSSR count). The van der Waals surface area contributed by atoms with Crippen molar-refractivity contribution in [2.45, 2.75) is 37.6 Å². The predicted octanol–water partition coefficient (Wildman–Crippen LogP) is 2.36. The number of carboxylic acid groups (broad SMARTS) is 1. The van der Waals surface area contributed by atoms with Gasteiger partial charge in [-0.25, -0.2) is 26.4 Å². The number of hydrogen-bond acceptors (Lipinski definition) is 9. The number of ether oxygens (including phenoxy) is 3. The number of carbonyl (C=O) groups is 1. The van der Waals surface area contributed by atoms with Gasteiger partial charge in [-0.05, 0) is 48.6 Å². The summed E-state index contributed by atoms with van der Waals surface area (Å²) < 4.78 is 69.0. The number of nitrogens with one attached hydrogen (secondary N) is 1. The molecule has 2 aromatic rings. The molecule has 1 amide bonds. The van der Waals surface area contributed by atoms with Gasteiger partial charge >= 0.3 is 6.09 Å². The Labute approximate surface area is 234 Å². The Bertz CT molecular complexity index is 1370. The van der Waals surface area contributed by atoms with Crippen molar-refractivity contribution in [3.05, 3.63) is 48.0 Å². The third kappa shape index (κ3) is 8.96. The zero-order valence-electron chi connectivity index (χ0n) is 22.5. The van der Waals surface area contributed by atoms with E-state index < -0.39 is 32.2 Å². The fraction of sp³-hybridized carbons (Fsp3) is 0.480. The van der Waals surface area contributed by atoms with Crippen molar-refractivity contribution in [2.75, 3.05) is 39.3 Å². The molecule has 2 aromatic carbocycles. The number of sulfonamides is 2. The van der Waals surface area contributed by atoms with E-state index in [4.69, 9.17) is 14.2 Å². The minimum Gasteiger partial charge on any atom is -0.492 e. The highest BCUT2D eigenvalue weighted by atomic mass is 32.2. The highest BCUT2D eigenvalue weighted by Gasteiger charge is 2.30. The Hall–Kier alpha value is -3.11. The van der Waals surface area contributed by atoms with Gasteiger partial charge in [0.15, 0.2) is 11.5 Å². The van der Waals surface area contributed by atoms with Crippen molar-refractivity contribution in [3.8, 4) is 17.2 Å². The zero-order chi connectivity index (χ0) is 29.5. The van der Waals surface area contributed by atoms with Crippen molar-refractivity contribution in [1.29, 1.82) is 0 Å². The van der Waals surface area contributed by atoms with Crippen molar-refractivity contribution in [3.63, 3.8) is 0 Å². The van der Waals surface area contributed by atoms with Gasteiger partial charge in [-0.15, -0.1) is 0 Å². The van der Waals surface area contributed by atoms with Gasteiger partial charge in [0.2, 0.25) is 26.8 Å². The van der Waals surface area contributed by atoms with Gasteiger partial charge in [0.1, 0.15) is 12.4 Å². The van der Waals surface area contributed by atoms with Gasteiger partial charge in [-0.3, -0.25) is 5.21 Å². The first-order valence-electron chi connectivity index (χ1n) is 12.5. The van der Waals surface area contributed by atoms with Crippen molar-refractivity contribution >= 4 is 26.1 Å². The van der Waals surface area contributed by atoms with E-state index in [9.17, 15) is 31.9 Å². The van der Waals surface area contributed by atoms with E-state index >= 15 is 0 Å². The molecule has 3 N–H and O–H groups in total. The van der Waals surface area contributed by atoms with Crippen molar-refractivity contribution in [2.24, 2.45) is 5.92 Å². The number of fused-ring (bicyclic) bond motifs is 1. The molecule has 1 aliphatic heterocycles. The SMILES string of the molecule is CC(C)CN(CCC(Cc1ccc(OCCNS(C)(=O)=O)cc1)N(O)C(=O)O)S(=O)(=O)c1ccc2c(c1)OCO2. The number of benzene rings is 2. The van der Waals surface area contributed by atoms with E-state index in [0.29, 0.717) is 22.8 Å². The monoisotopic (exact) mass is 601 g/mol. The lowest BCUT2D eigenvalue weighted by Crippen LogP contribution is -2.42. The second-order valence-electron chi connectivity index (χ2n) is 9.70. The Balaban J connectivity index is 1.71. The van der Waals surface area contributed by atoms with Gasteiger partial charge in [-0.2, -0.15) is 9.37 Å². The quantitative estimate of drug-likeness (QED) is 0.156. The van der Waals surface area contributed by atoms with Crippen LogP contribution in [0.25, 0.3) is 0 Å². The Kier molecular flexibility index (Phi) is 10.6. The molecule has 13 nitrogen and oxygen atoms in total. The van der Waals surface area contributed by atoms with Crippen LogP contribution in [0.5, 0.6) is 17.2 Å². The minimum absolute atomic E-state index is 0.00520. The van der Waals surface area contributed by atoms with E-state index in [0.717, 1.165) is 6.26 Å². The second kappa shape index (κ2) is 13.5. The maximum Gasteiger partial charge on any atom is 0.431 e. The molecule has 0 fully saturated rings. The van der Waals surface area contributed by atoms with Crippen molar-refractivity contribution < 1.29 is 46.2 Å². The maximum atomic E-state index is 13.5. The maximum absolute atomic E-state index is 13.5. The van der Waals surface area contributed by atoms with Crippen LogP contribution in [0, 0.1) is 5.92 Å². The molecule has 1 heterocycles. The van der Waals surface area contributed by atoms with Crippen LogP contribution < -0.4 is 18.9 Å². The molecule has 1 aliphatic rings. The van der Waals surface area contributed by atoms with Crippen molar-refractivity contribution in [1.82, 2.24) is 14.1 Å². The summed E-state index contributed by atoms with van der Waals surface area (Å²) in [6, 6.07) is 10.1. The minimum atomic E-state index is -3.97. The fourth-order valence-corrected chi connectivity index (χ4v) is 6.14. The molecule has 0 saturated heterocycles. The fourth-order valence-electron chi connectivity index (χ4n) is 4.05. The molecule has 40 heavy (non-hydrogen) atoms. The van der Waals surface area contributed by atoms with Crippen LogP contribution >= 0.6 is 0 Å². The molecule has 0 saturated carbocycles. The largest absolute Gasteiger partial charge is 0.492 e. The number of amides is 1. The van der Waals surface area contributed by atoms with Gasteiger partial charge in [0, 0.05) is 25.7 Å². The molecule has 0 aliphatic carbocycles. The molecule has 0 bridgehead atoms. The molecule has 0 aromatic heterocycles. The summed E-state index contributed by atoms with van der Waals surface area (Å²) in [5, 5.41) is 19.9. The molecular weight excluding hydrogens is 566 g/mol. The predicted molar refractivity (Wildman–Crippen MR) is 145 cm³/mol. The highest BCUT2D eigenvalue weighted by molar-refractivity contribution is 7.89. The Morgan fingerprint density at radius 2 is 1.75 bits per heavy atom. The first-order chi connectivity index (χ1) is 18.8. The molecule has 15 heteroatoms. The number of nitrogens with zero attached hydrogens (tertiary/aromatic N) is 2. The first-order valence-corrected chi connectivity index (χ1v) is 15.9. The third-order valence-corrected chi connectivity index (χ3v) is 8.52. The lowest BCUT2D eigenvalue weighted by molar-refractivity contribution is -0.0984. The Morgan fingerprint density at radius 3 is 2.38 bits per heavy atom. The van der Waals surface area contributed by atoms with E-state index in [1.165, 1.54) is 22.5 Å². The van der Waals surface area contributed by atoms with E-state index in [-0.39, 0.29) is 61.8 Å². The molecule has 1 atom stereocenters. The van der Waals surface area contributed by atoms with Gasteiger partial charge in [0.05, 0.1) is 17.2 Å². The van der Waals surface area contributed by atoms with Crippen LogP contribution in [0.4, 0.5) is 4.79 Å². The van der Waals surface area contributed by atoms with Crippen LogP contribution in [-0.2, 0) is 26.5 Å². The van der Waals surface area contributed by atoms with E-state index in [1.807, 2.05) is 13.8 Å². The number of rotatable bonds is 15. The normalized spacial score (nSPS) is 13.9. The summed E-state index contributed by atoms with van der Waals surface area (Å²) in [5.74, 6) is 1.24. The van der Waals surface area contributed by atoms with Gasteiger partial charge in [-0.1, -0.05) is 26.0 Å². The molecule has 0 spiro atoms. The van der Waals surface area contributed by atoms with E-state index in [1.54, 1.807) is 24.3 Å². The van der Waals surface area contributed by atoms with Gasteiger partial charge < -0.3 is 19.3 Å². The smallest absolute Gasteiger partial charge is 0.431 e. The van der Waals surface area contributed by atoms with Crippen LogP contribution in [0.1, 0.15) is 25.8 Å². The summed E-state index contributed by atoms with van der Waals surface area (Å²) in [7, 11) is -7.29. The van der Waals surface area contributed by atoms with Crippen LogP contribution in [0.2, 0.25) is 0 Å². The topological polar surface area (TPSA) is 172 Å². The number of hydroxylamine groups is 2. The highest BCUT2D eigenvalue weighted by Crippen LogP contribution is 2.35. The molecule has 0 radical (unpaired) electrons. The molecule has 1 unspecified atom stereocenters. The zero-order valence-corrected chi connectivity index (χ0v) is 24.2. The van der Waals surface area contributed by atoms with Crippen LogP contribution in [0.15, 0.2) is 47.4 Å². The number of hydrogen-bond donors (Lipinski definition) is 3. The summed E-state index contributed by atoms with van der Waals surface area (Å²) >= 11 is 0. The Morgan fingerprint density at radius 1 is 1.07 bits per heavy atom. The standard InChI is InChI=1S/C25H35N3O10S2/c1-18(2)16-27(40(34,35)22-8-9-23-24(15-22)38-17-37-23)12-10-20(28(31)25(29)30)14-19-4-6-21(7-5-19)36-13-11-26-39(3,32)33/h4-9,15,18,20,26,31H,10-14,16-17H2,1-3H3,(H,29,30). The molecular formula is C25H35N3O10S2. The summed E-state index contributed by atoms with van der Waals surface area (Å²) in [5.41, 5.74) is 0.681. The second-order valence-corrected chi connectivity index (χ2v) is 13.5. The van der Waals surface area contributed by atoms with Crippen LogP contribution in [-0.4, -0.2) is 87.9 Å². The average Bonchev–Trinajstić information content (AvgIpc) is 3.36.